The predicted molar refractivity (Wildman–Crippen MR) is 60.3 cm³/mol. The molecule has 2 rings (SSSR count). The molecule has 0 bridgehead atoms. The standard InChI is InChI=1S/C8H6Cl2N2O2S/c1-4-2-5(9)3-6-7(4)11-8(10)12-15(6,13)14/h2-3H,1H3,(H,11,12). The van der Waals surface area contributed by atoms with Crippen LogP contribution in [0.1, 0.15) is 5.56 Å². The van der Waals surface area contributed by atoms with E-state index in [0.29, 0.717) is 16.3 Å². The summed E-state index contributed by atoms with van der Waals surface area (Å²) in [6.07, 6.45) is 0. The van der Waals surface area contributed by atoms with Crippen LogP contribution in [0.3, 0.4) is 0 Å². The Labute approximate surface area is 97.0 Å². The lowest BCUT2D eigenvalue weighted by molar-refractivity contribution is 0.598. The number of anilines is 1. The van der Waals surface area contributed by atoms with Crippen LogP contribution in [0.4, 0.5) is 5.69 Å². The fraction of sp³-hybridized carbons (Fsp3) is 0.125. The molecular weight excluding hydrogens is 259 g/mol. The Morgan fingerprint density at radius 1 is 1.33 bits per heavy atom. The average molecular weight is 265 g/mol. The van der Waals surface area contributed by atoms with Crippen molar-refractivity contribution in [3.63, 3.8) is 0 Å². The zero-order valence-electron chi connectivity index (χ0n) is 7.58. The molecule has 0 fully saturated rings. The summed E-state index contributed by atoms with van der Waals surface area (Å²) >= 11 is 11.3. The van der Waals surface area contributed by atoms with Gasteiger partial charge in [-0.3, -0.25) is 0 Å². The number of hydrogen-bond donors (Lipinski definition) is 1. The van der Waals surface area contributed by atoms with Crippen LogP contribution in [-0.4, -0.2) is 13.7 Å². The molecule has 1 aliphatic rings. The van der Waals surface area contributed by atoms with Gasteiger partial charge in [0.1, 0.15) is 4.90 Å². The third kappa shape index (κ3) is 1.82. The van der Waals surface area contributed by atoms with Gasteiger partial charge in [0.15, 0.2) is 0 Å². The molecule has 0 amide bonds. The number of sulfonamides is 1. The van der Waals surface area contributed by atoms with Crippen molar-refractivity contribution in [3.8, 4) is 0 Å². The second-order valence-electron chi connectivity index (χ2n) is 3.08. The highest BCUT2D eigenvalue weighted by Crippen LogP contribution is 2.33. The number of aryl methyl sites for hydroxylation is 1. The smallest absolute Gasteiger partial charge is 0.287 e. The first-order chi connectivity index (χ1) is 6.90. The van der Waals surface area contributed by atoms with Crippen molar-refractivity contribution in [2.24, 2.45) is 4.40 Å². The van der Waals surface area contributed by atoms with Crippen molar-refractivity contribution in [2.75, 3.05) is 5.32 Å². The number of rotatable bonds is 0. The van der Waals surface area contributed by atoms with E-state index in [1.807, 2.05) is 0 Å². The number of benzene rings is 1. The average Bonchev–Trinajstić information content (AvgIpc) is 2.06. The van der Waals surface area contributed by atoms with E-state index in [-0.39, 0.29) is 10.2 Å². The summed E-state index contributed by atoms with van der Waals surface area (Å²) in [5.74, 6) is 0. The summed E-state index contributed by atoms with van der Waals surface area (Å²) in [5, 5.41) is 2.88. The number of nitrogens with zero attached hydrogens (tertiary/aromatic N) is 1. The third-order valence-electron chi connectivity index (χ3n) is 1.97. The van der Waals surface area contributed by atoms with Crippen LogP contribution in [0.15, 0.2) is 21.4 Å². The van der Waals surface area contributed by atoms with Crippen LogP contribution in [0.5, 0.6) is 0 Å². The fourth-order valence-electron chi connectivity index (χ4n) is 1.36. The lowest BCUT2D eigenvalue weighted by atomic mass is 10.2. The molecule has 1 N–H and O–H groups in total. The Balaban J connectivity index is 2.80. The number of amidine groups is 1. The quantitative estimate of drug-likeness (QED) is 0.732. The van der Waals surface area contributed by atoms with Crippen LogP contribution >= 0.6 is 23.2 Å². The molecule has 1 aliphatic heterocycles. The second-order valence-corrected chi connectivity index (χ2v) is 5.44. The first kappa shape index (κ1) is 10.7. The maximum atomic E-state index is 11.6. The summed E-state index contributed by atoms with van der Waals surface area (Å²) in [4.78, 5) is 0.0527. The van der Waals surface area contributed by atoms with Crippen molar-refractivity contribution in [3.05, 3.63) is 22.7 Å². The Morgan fingerprint density at radius 3 is 2.67 bits per heavy atom. The molecule has 7 heteroatoms. The van der Waals surface area contributed by atoms with E-state index in [1.165, 1.54) is 6.07 Å². The Hall–Kier alpha value is -0.780. The molecule has 80 valence electrons. The van der Waals surface area contributed by atoms with Crippen molar-refractivity contribution in [1.29, 1.82) is 0 Å². The minimum Gasteiger partial charge on any atom is -0.328 e. The first-order valence-electron chi connectivity index (χ1n) is 3.98. The second kappa shape index (κ2) is 3.37. The molecule has 0 spiro atoms. The van der Waals surface area contributed by atoms with Crippen LogP contribution in [0.25, 0.3) is 0 Å². The third-order valence-corrected chi connectivity index (χ3v) is 3.77. The van der Waals surface area contributed by atoms with E-state index in [1.54, 1.807) is 13.0 Å². The fourth-order valence-corrected chi connectivity index (χ4v) is 3.16. The van der Waals surface area contributed by atoms with Gasteiger partial charge in [0.25, 0.3) is 10.0 Å². The lowest BCUT2D eigenvalue weighted by Crippen LogP contribution is -2.17. The van der Waals surface area contributed by atoms with Gasteiger partial charge in [-0.1, -0.05) is 11.6 Å². The molecule has 0 saturated carbocycles. The zero-order valence-corrected chi connectivity index (χ0v) is 9.91. The SMILES string of the molecule is Cc1cc(Cl)cc2c1NC(Cl)=NS2(=O)=O. The van der Waals surface area contributed by atoms with E-state index in [0.717, 1.165) is 0 Å². The molecule has 0 radical (unpaired) electrons. The summed E-state index contributed by atoms with van der Waals surface area (Å²) in [6.45, 7) is 1.74. The first-order valence-corrected chi connectivity index (χ1v) is 6.17. The molecule has 0 atom stereocenters. The maximum absolute atomic E-state index is 11.6. The Morgan fingerprint density at radius 2 is 2.00 bits per heavy atom. The van der Waals surface area contributed by atoms with Gasteiger partial charge in [0.2, 0.25) is 5.29 Å². The highest BCUT2D eigenvalue weighted by atomic mass is 35.5. The van der Waals surface area contributed by atoms with Gasteiger partial charge >= 0.3 is 0 Å². The van der Waals surface area contributed by atoms with Crippen LogP contribution < -0.4 is 5.32 Å². The van der Waals surface area contributed by atoms with Crippen molar-refractivity contribution < 1.29 is 8.42 Å². The minimum absolute atomic E-state index is 0.0527. The van der Waals surface area contributed by atoms with E-state index in [9.17, 15) is 8.42 Å². The van der Waals surface area contributed by atoms with Crippen molar-refractivity contribution >= 4 is 44.2 Å². The van der Waals surface area contributed by atoms with E-state index >= 15 is 0 Å². The van der Waals surface area contributed by atoms with Crippen LogP contribution in [0.2, 0.25) is 5.02 Å². The van der Waals surface area contributed by atoms with Crippen molar-refractivity contribution in [1.82, 2.24) is 0 Å². The van der Waals surface area contributed by atoms with E-state index < -0.39 is 10.0 Å². The number of nitrogens with one attached hydrogen (secondary N) is 1. The summed E-state index contributed by atoms with van der Waals surface area (Å²) in [5.41, 5.74) is 1.13. The number of hydrogen-bond acceptors (Lipinski definition) is 3. The number of fused-ring (bicyclic) bond motifs is 1. The largest absolute Gasteiger partial charge is 0.328 e. The maximum Gasteiger partial charge on any atom is 0.287 e. The predicted octanol–water partition coefficient (Wildman–Crippen LogP) is 2.36. The van der Waals surface area contributed by atoms with Gasteiger partial charge in [0.05, 0.1) is 5.69 Å². The molecule has 1 aromatic carbocycles. The monoisotopic (exact) mass is 264 g/mol. The number of halogens is 2. The molecular formula is C8H6Cl2N2O2S. The van der Waals surface area contributed by atoms with E-state index in [2.05, 4.69) is 9.71 Å². The van der Waals surface area contributed by atoms with Gasteiger partial charge in [-0.15, -0.1) is 4.40 Å². The minimum atomic E-state index is -3.73. The summed E-state index contributed by atoms with van der Waals surface area (Å²) in [6, 6.07) is 3.00. The van der Waals surface area contributed by atoms with E-state index in [4.69, 9.17) is 23.2 Å². The molecule has 4 nitrogen and oxygen atoms in total. The molecule has 0 unspecified atom stereocenters. The van der Waals surface area contributed by atoms with Crippen LogP contribution in [-0.2, 0) is 10.0 Å². The Kier molecular flexibility index (Phi) is 2.41. The summed E-state index contributed by atoms with van der Waals surface area (Å²) < 4.78 is 26.6. The lowest BCUT2D eigenvalue weighted by Gasteiger charge is -2.17. The highest BCUT2D eigenvalue weighted by Gasteiger charge is 2.25. The molecule has 0 aromatic heterocycles. The topological polar surface area (TPSA) is 58.5 Å². The van der Waals surface area contributed by atoms with Gasteiger partial charge in [-0.05, 0) is 36.2 Å². The van der Waals surface area contributed by atoms with Crippen molar-refractivity contribution in [2.45, 2.75) is 11.8 Å². The molecule has 1 heterocycles. The van der Waals surface area contributed by atoms with Gasteiger partial charge < -0.3 is 5.32 Å². The zero-order chi connectivity index (χ0) is 11.2. The normalized spacial score (nSPS) is 17.7. The molecule has 0 saturated heterocycles. The molecule has 15 heavy (non-hydrogen) atoms. The van der Waals surface area contributed by atoms with Crippen LogP contribution in [0, 0.1) is 6.92 Å². The van der Waals surface area contributed by atoms with Gasteiger partial charge in [0, 0.05) is 5.02 Å². The summed E-state index contributed by atoms with van der Waals surface area (Å²) in [7, 11) is -3.73. The van der Waals surface area contributed by atoms with Gasteiger partial charge in [-0.25, -0.2) is 0 Å². The molecule has 0 aliphatic carbocycles. The Bertz CT molecular complexity index is 566. The molecule has 1 aromatic rings. The van der Waals surface area contributed by atoms with Gasteiger partial charge in [-0.2, -0.15) is 8.42 Å². The highest BCUT2D eigenvalue weighted by molar-refractivity contribution is 7.90.